The molecule has 2 rings (SSSR count). The molecule has 0 unspecified atom stereocenters. The van der Waals surface area contributed by atoms with Gasteiger partial charge in [-0.1, -0.05) is 18.2 Å². The molecule has 0 aliphatic heterocycles. The van der Waals surface area contributed by atoms with Gasteiger partial charge in [-0.25, -0.2) is 4.39 Å². The van der Waals surface area contributed by atoms with Crippen molar-refractivity contribution in [3.8, 4) is 6.07 Å². The van der Waals surface area contributed by atoms with Gasteiger partial charge in [0.25, 0.3) is 5.69 Å². The predicted molar refractivity (Wildman–Crippen MR) is 91.7 cm³/mol. The molecule has 0 saturated heterocycles. The summed E-state index contributed by atoms with van der Waals surface area (Å²) in [5, 5.41) is 20.4. The van der Waals surface area contributed by atoms with Crippen molar-refractivity contribution < 1.29 is 14.1 Å². The number of anilines is 1. The molecule has 126 valence electrons. The van der Waals surface area contributed by atoms with Gasteiger partial charge in [0.1, 0.15) is 23.1 Å². The number of hydrogen-bond acceptors (Lipinski definition) is 5. The highest BCUT2D eigenvalue weighted by Crippen LogP contribution is 2.28. The van der Waals surface area contributed by atoms with Gasteiger partial charge in [-0.15, -0.1) is 0 Å². The molecule has 0 atom stereocenters. The summed E-state index contributed by atoms with van der Waals surface area (Å²) < 4.78 is 13.7. The van der Waals surface area contributed by atoms with Gasteiger partial charge in [0.15, 0.2) is 0 Å². The first kappa shape index (κ1) is 17.8. The molecule has 0 aliphatic carbocycles. The van der Waals surface area contributed by atoms with Crippen LogP contribution >= 0.6 is 0 Å². The summed E-state index contributed by atoms with van der Waals surface area (Å²) in [6.07, 6.45) is 1.21. The third-order valence-corrected chi connectivity index (χ3v) is 3.47. The van der Waals surface area contributed by atoms with Gasteiger partial charge < -0.3 is 4.90 Å². The number of halogens is 1. The molecular weight excluding hydrogens is 325 g/mol. The summed E-state index contributed by atoms with van der Waals surface area (Å²) in [6, 6.07) is 11.4. The third kappa shape index (κ3) is 3.87. The number of nitro groups is 1. The van der Waals surface area contributed by atoms with Crippen LogP contribution in [0.5, 0.6) is 0 Å². The average Bonchev–Trinajstić information content (AvgIpc) is 2.59. The zero-order chi connectivity index (χ0) is 18.6. The fourth-order valence-corrected chi connectivity index (χ4v) is 2.26. The largest absolute Gasteiger partial charge is 0.372 e. The van der Waals surface area contributed by atoms with E-state index in [0.717, 1.165) is 6.07 Å². The Morgan fingerprint density at radius 2 is 1.96 bits per heavy atom. The van der Waals surface area contributed by atoms with E-state index >= 15 is 0 Å². The van der Waals surface area contributed by atoms with Gasteiger partial charge in [-0.3, -0.25) is 14.9 Å². The lowest BCUT2D eigenvalue weighted by Gasteiger charge is -2.12. The van der Waals surface area contributed by atoms with Gasteiger partial charge in [-0.05, 0) is 29.8 Å². The van der Waals surface area contributed by atoms with E-state index in [1.165, 1.54) is 36.4 Å². The molecule has 25 heavy (non-hydrogen) atoms. The second-order valence-corrected chi connectivity index (χ2v) is 5.38. The smallest absolute Gasteiger partial charge is 0.293 e. The minimum atomic E-state index is -0.778. The summed E-state index contributed by atoms with van der Waals surface area (Å²) in [5.41, 5.74) is 0.000667. The van der Waals surface area contributed by atoms with Crippen LogP contribution in [0.25, 0.3) is 6.08 Å². The standard InChI is InChI=1S/C18H14FN3O3/c1-21(2)16-8-7-12(10-17(16)22(24)25)9-13(11-20)18(23)14-5-3-4-6-15(14)19/h3-10H,1-2H3/b13-9+. The Balaban J connectivity index is 2.49. The molecule has 2 aromatic rings. The zero-order valence-electron chi connectivity index (χ0n) is 13.6. The van der Waals surface area contributed by atoms with E-state index in [-0.39, 0.29) is 16.8 Å². The fraction of sp³-hybridized carbons (Fsp3) is 0.111. The molecule has 0 spiro atoms. The lowest BCUT2D eigenvalue weighted by Crippen LogP contribution is -2.11. The van der Waals surface area contributed by atoms with Crippen molar-refractivity contribution in [2.75, 3.05) is 19.0 Å². The molecule has 6 nitrogen and oxygen atoms in total. The highest BCUT2D eigenvalue weighted by Gasteiger charge is 2.18. The Morgan fingerprint density at radius 3 is 2.52 bits per heavy atom. The van der Waals surface area contributed by atoms with Crippen LogP contribution in [0.2, 0.25) is 0 Å². The van der Waals surface area contributed by atoms with E-state index < -0.39 is 16.5 Å². The van der Waals surface area contributed by atoms with E-state index in [4.69, 9.17) is 0 Å². The number of nitriles is 1. The first-order valence-corrected chi connectivity index (χ1v) is 7.22. The Hall–Kier alpha value is -3.53. The molecule has 0 heterocycles. The Morgan fingerprint density at radius 1 is 1.28 bits per heavy atom. The number of nitrogens with zero attached hydrogens (tertiary/aromatic N) is 3. The number of hydrogen-bond donors (Lipinski definition) is 0. The summed E-state index contributed by atoms with van der Waals surface area (Å²) >= 11 is 0. The van der Waals surface area contributed by atoms with Crippen LogP contribution in [0.15, 0.2) is 48.0 Å². The van der Waals surface area contributed by atoms with Crippen molar-refractivity contribution in [2.45, 2.75) is 0 Å². The van der Waals surface area contributed by atoms with Gasteiger partial charge in [0.05, 0.1) is 10.5 Å². The lowest BCUT2D eigenvalue weighted by molar-refractivity contribution is -0.384. The number of ketones is 1. The van der Waals surface area contributed by atoms with E-state index in [0.29, 0.717) is 11.3 Å². The maximum Gasteiger partial charge on any atom is 0.293 e. The molecule has 0 aromatic heterocycles. The van der Waals surface area contributed by atoms with E-state index in [1.807, 2.05) is 0 Å². The highest BCUT2D eigenvalue weighted by molar-refractivity contribution is 6.14. The number of allylic oxidation sites excluding steroid dienone is 1. The normalized spacial score (nSPS) is 10.9. The summed E-state index contributed by atoms with van der Waals surface area (Å²) in [4.78, 5) is 24.6. The van der Waals surface area contributed by atoms with Gasteiger partial charge in [0.2, 0.25) is 5.78 Å². The van der Waals surface area contributed by atoms with Crippen molar-refractivity contribution >= 4 is 23.2 Å². The quantitative estimate of drug-likeness (QED) is 0.273. The van der Waals surface area contributed by atoms with E-state index in [9.17, 15) is 24.6 Å². The lowest BCUT2D eigenvalue weighted by atomic mass is 10.0. The fourth-order valence-electron chi connectivity index (χ4n) is 2.26. The second-order valence-electron chi connectivity index (χ2n) is 5.38. The Kier molecular flexibility index (Phi) is 5.25. The molecule has 2 aromatic carbocycles. The van der Waals surface area contributed by atoms with Crippen molar-refractivity contribution in [1.29, 1.82) is 5.26 Å². The minimum Gasteiger partial charge on any atom is -0.372 e. The minimum absolute atomic E-state index is 0.158. The molecule has 7 heteroatoms. The van der Waals surface area contributed by atoms with Crippen LogP contribution < -0.4 is 4.90 Å². The molecule has 0 bridgehead atoms. The summed E-state index contributed by atoms with van der Waals surface area (Å²) in [6.45, 7) is 0. The monoisotopic (exact) mass is 339 g/mol. The maximum absolute atomic E-state index is 13.7. The number of Topliss-reactive ketones (excluding diaryl/α,β-unsaturated/α-hetero) is 1. The average molecular weight is 339 g/mol. The van der Waals surface area contributed by atoms with Crippen LogP contribution in [0, 0.1) is 27.3 Å². The van der Waals surface area contributed by atoms with Gasteiger partial charge in [-0.2, -0.15) is 5.26 Å². The topological polar surface area (TPSA) is 87.2 Å². The molecule has 0 saturated carbocycles. The second kappa shape index (κ2) is 7.36. The molecule has 0 fully saturated rings. The molecule has 0 N–H and O–H groups in total. The van der Waals surface area contributed by atoms with Crippen molar-refractivity contribution in [1.82, 2.24) is 0 Å². The van der Waals surface area contributed by atoms with Crippen molar-refractivity contribution in [2.24, 2.45) is 0 Å². The van der Waals surface area contributed by atoms with Crippen LogP contribution in [0.1, 0.15) is 15.9 Å². The van der Waals surface area contributed by atoms with E-state index in [2.05, 4.69) is 0 Å². The Bertz CT molecular complexity index is 914. The molecule has 0 radical (unpaired) electrons. The zero-order valence-corrected chi connectivity index (χ0v) is 13.6. The summed E-state index contributed by atoms with van der Waals surface area (Å²) in [7, 11) is 3.33. The Labute approximate surface area is 143 Å². The molecule has 0 amide bonds. The number of carbonyl (C=O) groups is 1. The first-order valence-electron chi connectivity index (χ1n) is 7.22. The first-order chi connectivity index (χ1) is 11.8. The van der Waals surface area contributed by atoms with Crippen LogP contribution in [-0.2, 0) is 0 Å². The number of carbonyl (C=O) groups excluding carboxylic acids is 1. The van der Waals surface area contributed by atoms with Crippen molar-refractivity contribution in [3.63, 3.8) is 0 Å². The number of rotatable bonds is 5. The van der Waals surface area contributed by atoms with Crippen LogP contribution in [0.4, 0.5) is 15.8 Å². The summed E-state index contributed by atoms with van der Waals surface area (Å²) in [5.74, 6) is -1.51. The number of nitro benzene ring substituents is 1. The maximum atomic E-state index is 13.7. The van der Waals surface area contributed by atoms with Crippen molar-refractivity contribution in [3.05, 3.63) is 75.1 Å². The SMILES string of the molecule is CN(C)c1ccc(/C=C(\C#N)C(=O)c2ccccc2F)cc1[N+](=O)[O-]. The number of benzene rings is 2. The molecule has 0 aliphatic rings. The molecular formula is C18H14FN3O3. The van der Waals surface area contributed by atoms with Crippen LogP contribution in [-0.4, -0.2) is 24.8 Å². The van der Waals surface area contributed by atoms with Gasteiger partial charge in [0, 0.05) is 20.2 Å². The highest BCUT2D eigenvalue weighted by atomic mass is 19.1. The van der Waals surface area contributed by atoms with Crippen LogP contribution in [0.3, 0.4) is 0 Å². The predicted octanol–water partition coefficient (Wildman–Crippen LogP) is 3.59. The van der Waals surface area contributed by atoms with Gasteiger partial charge >= 0.3 is 0 Å². The third-order valence-electron chi connectivity index (χ3n) is 3.47. The van der Waals surface area contributed by atoms with E-state index in [1.54, 1.807) is 31.1 Å².